The molecule has 0 bridgehead atoms. The van der Waals surface area contributed by atoms with E-state index in [0.29, 0.717) is 5.82 Å². The first kappa shape index (κ1) is 12.2. The molecule has 0 aromatic rings. The van der Waals surface area contributed by atoms with Crippen molar-refractivity contribution in [1.82, 2.24) is 10.6 Å². The van der Waals surface area contributed by atoms with Gasteiger partial charge in [0.2, 0.25) is 0 Å². The molecule has 2 unspecified atom stereocenters. The Balaban J connectivity index is 2.09. The molecule has 0 spiro atoms. The Labute approximate surface area is 101 Å². The molecule has 2 aliphatic heterocycles. The summed E-state index contributed by atoms with van der Waals surface area (Å²) in [6.07, 6.45) is -1.33. The first-order valence-corrected chi connectivity index (χ1v) is 5.91. The van der Waals surface area contributed by atoms with E-state index < -0.39 is 12.2 Å². The summed E-state index contributed by atoms with van der Waals surface area (Å²) in [5, 5.41) is 6.97. The van der Waals surface area contributed by atoms with Gasteiger partial charge < -0.3 is 16.4 Å². The Bertz CT molecular complexity index is 412. The van der Waals surface area contributed by atoms with Crippen LogP contribution in [0.15, 0.2) is 34.7 Å². The lowest BCUT2D eigenvalue weighted by Gasteiger charge is -2.27. The number of alkyl halides is 3. The van der Waals surface area contributed by atoms with Crippen LogP contribution in [0.5, 0.6) is 0 Å². The molecule has 2 rings (SSSR count). The maximum absolute atomic E-state index is 12.6. The lowest BCUT2D eigenvalue weighted by atomic mass is 10.0. The molecule has 0 aliphatic carbocycles. The van der Waals surface area contributed by atoms with E-state index in [1.807, 2.05) is 0 Å². The van der Waals surface area contributed by atoms with E-state index in [0.717, 1.165) is 5.57 Å². The third-order valence-corrected chi connectivity index (χ3v) is 3.58. The second-order valence-electron chi connectivity index (χ2n) is 3.91. The summed E-state index contributed by atoms with van der Waals surface area (Å²) in [5.74, 6) is 0.532. The summed E-state index contributed by atoms with van der Waals surface area (Å²) in [6, 6.07) is -1.59. The van der Waals surface area contributed by atoms with Crippen LogP contribution in [0.2, 0.25) is 0 Å². The van der Waals surface area contributed by atoms with E-state index in [1.165, 1.54) is 24.9 Å². The van der Waals surface area contributed by atoms with Crippen LogP contribution in [0.4, 0.5) is 13.2 Å². The molecule has 17 heavy (non-hydrogen) atoms. The Morgan fingerprint density at radius 1 is 1.41 bits per heavy atom. The van der Waals surface area contributed by atoms with Gasteiger partial charge in [-0.25, -0.2) is 0 Å². The molecule has 4 N–H and O–H groups in total. The standard InChI is InChI=1S/C10H12F3N3S/c1-5-2-6(9-16-7(14)4-17-9)3-15-8(5)10(11,12)13/h2-4,8-9,15-16H,14H2,1H3. The van der Waals surface area contributed by atoms with Crippen LogP contribution in [-0.4, -0.2) is 17.6 Å². The van der Waals surface area contributed by atoms with Crippen molar-refractivity contribution in [2.45, 2.75) is 24.5 Å². The lowest BCUT2D eigenvalue weighted by Crippen LogP contribution is -2.43. The monoisotopic (exact) mass is 263 g/mol. The van der Waals surface area contributed by atoms with Crippen molar-refractivity contribution in [1.29, 1.82) is 0 Å². The molecule has 0 saturated heterocycles. The molecule has 0 radical (unpaired) electrons. The molecule has 2 heterocycles. The average Bonchev–Trinajstić information content (AvgIpc) is 2.62. The predicted octanol–water partition coefficient (Wildman–Crippen LogP) is 1.77. The molecule has 0 amide bonds. The van der Waals surface area contributed by atoms with E-state index in [-0.39, 0.29) is 10.9 Å². The first-order chi connectivity index (χ1) is 7.88. The lowest BCUT2D eigenvalue weighted by molar-refractivity contribution is -0.144. The van der Waals surface area contributed by atoms with Gasteiger partial charge in [-0.3, -0.25) is 0 Å². The second-order valence-corrected chi connectivity index (χ2v) is 4.89. The number of nitrogens with two attached hydrogens (primary N) is 1. The number of thioether (sulfide) groups is 1. The Morgan fingerprint density at radius 3 is 2.59 bits per heavy atom. The summed E-state index contributed by atoms with van der Waals surface area (Å²) >= 11 is 1.44. The van der Waals surface area contributed by atoms with Gasteiger partial charge in [-0.15, -0.1) is 11.8 Å². The van der Waals surface area contributed by atoms with Crippen LogP contribution in [0.25, 0.3) is 0 Å². The molecule has 0 saturated carbocycles. The SMILES string of the molecule is CC1=CC(C2NC(N)=CS2)=CNC1C(F)(F)F. The Hall–Kier alpha value is -1.24. The van der Waals surface area contributed by atoms with Gasteiger partial charge in [0, 0.05) is 17.2 Å². The van der Waals surface area contributed by atoms with Crippen LogP contribution in [0.1, 0.15) is 6.92 Å². The van der Waals surface area contributed by atoms with Crippen molar-refractivity contribution in [2.75, 3.05) is 0 Å². The highest BCUT2D eigenvalue weighted by atomic mass is 32.2. The largest absolute Gasteiger partial charge is 0.412 e. The second kappa shape index (κ2) is 4.21. The molecule has 0 aromatic heterocycles. The molecular weight excluding hydrogens is 251 g/mol. The number of halogens is 3. The van der Waals surface area contributed by atoms with Crippen LogP contribution >= 0.6 is 11.8 Å². The third kappa shape index (κ3) is 2.54. The fraction of sp³-hybridized carbons (Fsp3) is 0.400. The zero-order valence-corrected chi connectivity index (χ0v) is 9.82. The number of hydrogen-bond donors (Lipinski definition) is 3. The van der Waals surface area contributed by atoms with Crippen molar-refractivity contribution < 1.29 is 13.2 Å². The molecule has 0 fully saturated rings. The number of dihydropyridines is 1. The zero-order valence-electron chi connectivity index (χ0n) is 9.01. The minimum atomic E-state index is -4.27. The van der Waals surface area contributed by atoms with Crippen molar-refractivity contribution in [2.24, 2.45) is 5.73 Å². The van der Waals surface area contributed by atoms with Crippen molar-refractivity contribution in [3.63, 3.8) is 0 Å². The highest BCUT2D eigenvalue weighted by Crippen LogP contribution is 2.32. The van der Waals surface area contributed by atoms with Crippen molar-refractivity contribution >= 4 is 11.8 Å². The molecule has 7 heteroatoms. The van der Waals surface area contributed by atoms with E-state index >= 15 is 0 Å². The molecule has 2 atom stereocenters. The van der Waals surface area contributed by atoms with E-state index in [4.69, 9.17) is 5.73 Å². The fourth-order valence-corrected chi connectivity index (χ4v) is 2.57. The van der Waals surface area contributed by atoms with Gasteiger partial charge in [0.25, 0.3) is 0 Å². The van der Waals surface area contributed by atoms with Gasteiger partial charge in [0.1, 0.15) is 17.2 Å². The fourth-order valence-electron chi connectivity index (χ4n) is 1.73. The van der Waals surface area contributed by atoms with Gasteiger partial charge in [-0.2, -0.15) is 13.2 Å². The summed E-state index contributed by atoms with van der Waals surface area (Å²) in [4.78, 5) is 0. The highest BCUT2D eigenvalue weighted by molar-refractivity contribution is 8.03. The summed E-state index contributed by atoms with van der Waals surface area (Å²) in [6.45, 7) is 1.47. The smallest absolute Gasteiger partial charge is 0.385 e. The van der Waals surface area contributed by atoms with Crippen LogP contribution in [0, 0.1) is 0 Å². The maximum Gasteiger partial charge on any atom is 0.412 e. The molecule has 3 nitrogen and oxygen atoms in total. The highest BCUT2D eigenvalue weighted by Gasteiger charge is 2.41. The van der Waals surface area contributed by atoms with Gasteiger partial charge in [0.15, 0.2) is 0 Å². The van der Waals surface area contributed by atoms with Crippen LogP contribution in [0.3, 0.4) is 0 Å². The molecule has 94 valence electrons. The van der Waals surface area contributed by atoms with Crippen molar-refractivity contribution in [3.8, 4) is 0 Å². The van der Waals surface area contributed by atoms with Gasteiger partial charge in [-0.05, 0) is 12.5 Å². The molecular formula is C10H12F3N3S. The molecule has 2 aliphatic rings. The number of nitrogens with one attached hydrogen (secondary N) is 2. The number of rotatable bonds is 1. The minimum absolute atomic E-state index is 0.119. The van der Waals surface area contributed by atoms with Gasteiger partial charge in [-0.1, -0.05) is 6.08 Å². The predicted molar refractivity (Wildman–Crippen MR) is 61.6 cm³/mol. The topological polar surface area (TPSA) is 50.1 Å². The van der Waals surface area contributed by atoms with Crippen LogP contribution < -0.4 is 16.4 Å². The quantitative estimate of drug-likeness (QED) is 0.675. The average molecular weight is 263 g/mol. The van der Waals surface area contributed by atoms with Crippen molar-refractivity contribution in [3.05, 3.63) is 34.7 Å². The summed E-state index contributed by atoms with van der Waals surface area (Å²) < 4.78 is 37.7. The maximum atomic E-state index is 12.6. The van der Waals surface area contributed by atoms with E-state index in [2.05, 4.69) is 10.6 Å². The van der Waals surface area contributed by atoms with E-state index in [9.17, 15) is 13.2 Å². The van der Waals surface area contributed by atoms with Gasteiger partial charge in [0.05, 0.1) is 0 Å². The Kier molecular flexibility index (Phi) is 3.03. The third-order valence-electron chi connectivity index (χ3n) is 2.53. The minimum Gasteiger partial charge on any atom is -0.385 e. The summed E-state index contributed by atoms with van der Waals surface area (Å²) in [5.41, 5.74) is 6.55. The van der Waals surface area contributed by atoms with E-state index in [1.54, 1.807) is 11.5 Å². The molecule has 0 aromatic carbocycles. The van der Waals surface area contributed by atoms with Crippen LogP contribution in [-0.2, 0) is 0 Å². The zero-order chi connectivity index (χ0) is 12.6. The normalized spacial score (nSPS) is 28.8. The summed E-state index contributed by atoms with van der Waals surface area (Å²) in [7, 11) is 0. The van der Waals surface area contributed by atoms with Gasteiger partial charge >= 0.3 is 6.18 Å². The number of hydrogen-bond acceptors (Lipinski definition) is 4. The Morgan fingerprint density at radius 2 is 2.12 bits per heavy atom. The first-order valence-electron chi connectivity index (χ1n) is 4.96.